The van der Waals surface area contributed by atoms with Crippen molar-refractivity contribution in [2.24, 2.45) is 0 Å². The predicted molar refractivity (Wildman–Crippen MR) is 139 cm³/mol. The molecule has 4 heteroatoms. The van der Waals surface area contributed by atoms with Gasteiger partial charge >= 0.3 is 7.12 Å². The monoisotopic (exact) mass is 449 g/mol. The summed E-state index contributed by atoms with van der Waals surface area (Å²) in [5.41, 5.74) is 6.10. The van der Waals surface area contributed by atoms with Gasteiger partial charge in [0.05, 0.1) is 11.2 Å². The molecule has 172 valence electrons. The maximum Gasteiger partial charge on any atom is 0.462 e. The highest BCUT2D eigenvalue weighted by atomic mass is 16.7. The normalized spacial score (nSPS) is 22.9. The molecule has 1 aromatic heterocycles. The molecule has 1 saturated heterocycles. The summed E-state index contributed by atoms with van der Waals surface area (Å²) >= 11 is 0. The van der Waals surface area contributed by atoms with Crippen molar-refractivity contribution in [1.29, 1.82) is 0 Å². The Morgan fingerprint density at radius 2 is 1.56 bits per heavy atom. The van der Waals surface area contributed by atoms with Gasteiger partial charge in [0.1, 0.15) is 0 Å². The topological polar surface area (TPSA) is 23.4 Å². The van der Waals surface area contributed by atoms with Crippen molar-refractivity contribution in [3.8, 4) is 0 Å². The standard InChI is InChI=1S/C30H32BNO2/c1-29(2)30(3,4)34-31(33-29)26-19-22-12-8-9-13-25(22)28(26)24-14-15-27-23(18-24)16-17-32(27)20-21-10-6-5-7-11-21/h5-18,26,28H,19-20H2,1-4H3/t26-,28+/m1/s1. The lowest BCUT2D eigenvalue weighted by Crippen LogP contribution is -2.41. The highest BCUT2D eigenvalue weighted by Crippen LogP contribution is 2.52. The minimum Gasteiger partial charge on any atom is -0.403 e. The first-order chi connectivity index (χ1) is 16.3. The Morgan fingerprint density at radius 1 is 0.853 bits per heavy atom. The van der Waals surface area contributed by atoms with E-state index in [2.05, 4.69) is 117 Å². The lowest BCUT2D eigenvalue weighted by Gasteiger charge is -2.32. The van der Waals surface area contributed by atoms with E-state index in [-0.39, 0.29) is 30.1 Å². The zero-order valence-electron chi connectivity index (χ0n) is 20.5. The fraction of sp³-hybridized carbons (Fsp3) is 0.333. The third kappa shape index (κ3) is 3.52. The van der Waals surface area contributed by atoms with E-state index in [9.17, 15) is 0 Å². The van der Waals surface area contributed by atoms with E-state index in [0.717, 1.165) is 13.0 Å². The second-order valence-corrected chi connectivity index (χ2v) is 10.9. The summed E-state index contributed by atoms with van der Waals surface area (Å²) in [6.45, 7) is 9.46. The first-order valence-electron chi connectivity index (χ1n) is 12.4. The molecule has 4 aromatic rings. The molecular formula is C30H32BNO2. The smallest absolute Gasteiger partial charge is 0.403 e. The molecule has 0 spiro atoms. The number of hydrogen-bond donors (Lipinski definition) is 0. The third-order valence-corrected chi connectivity index (χ3v) is 8.24. The van der Waals surface area contributed by atoms with Crippen molar-refractivity contribution >= 4 is 18.0 Å². The van der Waals surface area contributed by atoms with Gasteiger partial charge in [-0.3, -0.25) is 0 Å². The van der Waals surface area contributed by atoms with Crippen LogP contribution >= 0.6 is 0 Å². The van der Waals surface area contributed by atoms with Crippen LogP contribution in [0.15, 0.2) is 85.1 Å². The van der Waals surface area contributed by atoms with Crippen LogP contribution in [0.25, 0.3) is 10.9 Å². The predicted octanol–water partition coefficient (Wildman–Crippen LogP) is 6.84. The third-order valence-electron chi connectivity index (χ3n) is 8.24. The zero-order chi connectivity index (χ0) is 23.5. The lowest BCUT2D eigenvalue weighted by molar-refractivity contribution is 0.00578. The molecular weight excluding hydrogens is 417 g/mol. The van der Waals surface area contributed by atoms with E-state index in [1.807, 2.05) is 0 Å². The fourth-order valence-electron chi connectivity index (χ4n) is 5.70. The summed E-state index contributed by atoms with van der Waals surface area (Å²) in [6.07, 6.45) is 3.18. The molecule has 0 radical (unpaired) electrons. The number of aromatic nitrogens is 1. The number of hydrogen-bond acceptors (Lipinski definition) is 2. The Kier molecular flexibility index (Phi) is 5.02. The molecule has 0 unspecified atom stereocenters. The van der Waals surface area contributed by atoms with Crippen LogP contribution < -0.4 is 0 Å². The zero-order valence-corrected chi connectivity index (χ0v) is 20.5. The first kappa shape index (κ1) is 21.7. The van der Waals surface area contributed by atoms with Gasteiger partial charge in [-0.25, -0.2) is 0 Å². The van der Waals surface area contributed by atoms with E-state index in [1.54, 1.807) is 0 Å². The summed E-state index contributed by atoms with van der Waals surface area (Å²) in [7, 11) is -0.222. The van der Waals surface area contributed by atoms with E-state index >= 15 is 0 Å². The number of rotatable bonds is 4. The highest BCUT2D eigenvalue weighted by Gasteiger charge is 2.56. The Morgan fingerprint density at radius 3 is 2.32 bits per heavy atom. The number of benzene rings is 3. The second-order valence-electron chi connectivity index (χ2n) is 10.9. The lowest BCUT2D eigenvalue weighted by atomic mass is 9.63. The fourth-order valence-corrected chi connectivity index (χ4v) is 5.70. The largest absolute Gasteiger partial charge is 0.462 e. The maximum atomic E-state index is 6.56. The molecule has 6 rings (SSSR count). The quantitative estimate of drug-likeness (QED) is 0.319. The minimum absolute atomic E-state index is 0.222. The van der Waals surface area contributed by atoms with Gasteiger partial charge in [0, 0.05) is 30.0 Å². The average Bonchev–Trinajstić information content (AvgIpc) is 3.46. The van der Waals surface area contributed by atoms with Gasteiger partial charge in [0.2, 0.25) is 0 Å². The Hall–Kier alpha value is -2.82. The van der Waals surface area contributed by atoms with Crippen molar-refractivity contribution in [2.45, 2.75) is 63.6 Å². The highest BCUT2D eigenvalue weighted by molar-refractivity contribution is 6.48. The Labute approximate surface area is 202 Å². The van der Waals surface area contributed by atoms with Gasteiger partial charge in [0.15, 0.2) is 0 Å². The van der Waals surface area contributed by atoms with Crippen LogP contribution in [0.3, 0.4) is 0 Å². The van der Waals surface area contributed by atoms with Crippen LogP contribution in [0.2, 0.25) is 5.82 Å². The molecule has 34 heavy (non-hydrogen) atoms. The molecule has 2 aliphatic rings. The van der Waals surface area contributed by atoms with Crippen molar-refractivity contribution in [3.63, 3.8) is 0 Å². The van der Waals surface area contributed by atoms with Crippen LogP contribution in [0, 0.1) is 0 Å². The molecule has 0 amide bonds. The van der Waals surface area contributed by atoms with Crippen molar-refractivity contribution in [3.05, 3.63) is 107 Å². The Balaban J connectivity index is 1.37. The van der Waals surface area contributed by atoms with E-state index < -0.39 is 0 Å². The molecule has 0 bridgehead atoms. The van der Waals surface area contributed by atoms with Crippen molar-refractivity contribution in [2.75, 3.05) is 0 Å². The molecule has 2 heterocycles. The summed E-state index contributed by atoms with van der Waals surface area (Å²) in [6, 6.07) is 28.7. The average molecular weight is 449 g/mol. The number of nitrogens with zero attached hydrogens (tertiary/aromatic N) is 1. The molecule has 0 N–H and O–H groups in total. The summed E-state index contributed by atoms with van der Waals surface area (Å²) < 4.78 is 15.5. The molecule has 1 aliphatic carbocycles. The van der Waals surface area contributed by atoms with Crippen molar-refractivity contribution < 1.29 is 9.31 Å². The van der Waals surface area contributed by atoms with Crippen LogP contribution in [0.5, 0.6) is 0 Å². The van der Waals surface area contributed by atoms with Crippen LogP contribution in [-0.4, -0.2) is 22.9 Å². The van der Waals surface area contributed by atoms with E-state index in [4.69, 9.17) is 9.31 Å². The molecule has 3 aromatic carbocycles. The summed E-state index contributed by atoms with van der Waals surface area (Å²) in [5, 5.41) is 1.28. The van der Waals surface area contributed by atoms with E-state index in [0.29, 0.717) is 0 Å². The van der Waals surface area contributed by atoms with Crippen molar-refractivity contribution in [1.82, 2.24) is 4.57 Å². The van der Waals surface area contributed by atoms with Gasteiger partial charge in [0.25, 0.3) is 0 Å². The first-order valence-corrected chi connectivity index (χ1v) is 12.4. The van der Waals surface area contributed by atoms with Gasteiger partial charge in [-0.2, -0.15) is 0 Å². The SMILES string of the molecule is CC1(C)OB([C@@H]2Cc3ccccc3[C@@H]2c2ccc3c(ccn3Cc3ccccc3)c2)OC1(C)C. The molecule has 2 atom stereocenters. The minimum atomic E-state index is -0.324. The van der Waals surface area contributed by atoms with E-state index in [1.165, 1.54) is 33.2 Å². The van der Waals surface area contributed by atoms with Crippen LogP contribution in [0.4, 0.5) is 0 Å². The molecule has 1 fully saturated rings. The maximum absolute atomic E-state index is 6.56. The van der Waals surface area contributed by atoms with Crippen LogP contribution in [0.1, 0.15) is 55.9 Å². The number of fused-ring (bicyclic) bond motifs is 2. The van der Waals surface area contributed by atoms with Gasteiger partial charge in [-0.15, -0.1) is 0 Å². The summed E-state index contributed by atoms with van der Waals surface area (Å²) in [5.74, 6) is 0.509. The van der Waals surface area contributed by atoms with Crippen LogP contribution in [-0.2, 0) is 22.3 Å². The second kappa shape index (κ2) is 7.86. The van der Waals surface area contributed by atoms with Gasteiger partial charge in [-0.05, 0) is 80.0 Å². The van der Waals surface area contributed by atoms with Gasteiger partial charge < -0.3 is 13.9 Å². The van der Waals surface area contributed by atoms with Gasteiger partial charge in [-0.1, -0.05) is 60.7 Å². The molecule has 0 saturated carbocycles. The molecule has 3 nitrogen and oxygen atoms in total. The Bertz CT molecular complexity index is 1320. The molecule has 1 aliphatic heterocycles. The summed E-state index contributed by atoms with van der Waals surface area (Å²) in [4.78, 5) is 0.